The summed E-state index contributed by atoms with van der Waals surface area (Å²) in [7, 11) is 0. The van der Waals surface area contributed by atoms with Crippen LogP contribution in [0.4, 0.5) is 10.5 Å². The average molecular weight is 366 g/mol. The predicted octanol–water partition coefficient (Wildman–Crippen LogP) is 2.24. The number of carbonyl (C=O) groups is 3. The number of para-hydroxylation sites is 1. The minimum atomic E-state index is -0.751. The molecule has 3 amide bonds. The molecule has 2 aromatic carbocycles. The molecule has 1 heterocycles. The smallest absolute Gasteiger partial charge is 0.338 e. The van der Waals surface area contributed by atoms with Crippen molar-refractivity contribution in [3.8, 4) is 11.5 Å². The van der Waals surface area contributed by atoms with Crippen molar-refractivity contribution in [2.75, 3.05) is 11.9 Å². The van der Waals surface area contributed by atoms with Gasteiger partial charge in [0.1, 0.15) is 0 Å². The van der Waals surface area contributed by atoms with Crippen LogP contribution in [0.3, 0.4) is 0 Å². The molecule has 2 N–H and O–H groups in total. The first-order valence-electron chi connectivity index (χ1n) is 7.81. The maximum Gasteiger partial charge on any atom is 0.338 e. The maximum atomic E-state index is 12.0. The highest BCUT2D eigenvalue weighted by atomic mass is 16.5. The Kier molecular flexibility index (Phi) is 5.53. The van der Waals surface area contributed by atoms with Crippen LogP contribution in [0.25, 0.3) is 11.5 Å². The molecule has 0 spiro atoms. The van der Waals surface area contributed by atoms with Crippen molar-refractivity contribution in [3.63, 3.8) is 0 Å². The minimum absolute atomic E-state index is 0.236. The Bertz CT molecular complexity index is 924. The summed E-state index contributed by atoms with van der Waals surface area (Å²) in [6, 6.07) is 14.1. The molecule has 27 heavy (non-hydrogen) atoms. The number of benzene rings is 2. The first-order valence-corrected chi connectivity index (χ1v) is 7.81. The van der Waals surface area contributed by atoms with Gasteiger partial charge in [-0.1, -0.05) is 18.2 Å². The molecule has 0 fully saturated rings. The lowest BCUT2D eigenvalue weighted by molar-refractivity contribution is -0.123. The van der Waals surface area contributed by atoms with E-state index in [-0.39, 0.29) is 5.56 Å². The van der Waals surface area contributed by atoms with E-state index in [2.05, 4.69) is 20.8 Å². The van der Waals surface area contributed by atoms with E-state index in [1.165, 1.54) is 18.5 Å². The molecule has 0 bridgehead atoms. The highest BCUT2D eigenvalue weighted by Gasteiger charge is 2.13. The van der Waals surface area contributed by atoms with E-state index in [1.807, 2.05) is 0 Å². The molecule has 3 aromatic rings. The van der Waals surface area contributed by atoms with Gasteiger partial charge in [0.2, 0.25) is 12.3 Å². The second-order valence-corrected chi connectivity index (χ2v) is 5.27. The molecule has 0 saturated carbocycles. The van der Waals surface area contributed by atoms with Crippen molar-refractivity contribution >= 4 is 23.6 Å². The van der Waals surface area contributed by atoms with Crippen molar-refractivity contribution < 1.29 is 23.5 Å². The Hall–Kier alpha value is -4.01. The third-order valence-corrected chi connectivity index (χ3v) is 3.35. The number of aromatic nitrogens is 2. The highest BCUT2D eigenvalue weighted by Crippen LogP contribution is 2.17. The van der Waals surface area contributed by atoms with Crippen LogP contribution in [0.15, 0.2) is 65.4 Å². The van der Waals surface area contributed by atoms with Gasteiger partial charge in [0, 0.05) is 11.3 Å². The molecule has 9 nitrogen and oxygen atoms in total. The van der Waals surface area contributed by atoms with Gasteiger partial charge in [0.25, 0.3) is 5.91 Å². The van der Waals surface area contributed by atoms with E-state index in [0.29, 0.717) is 17.1 Å². The number of hydrogen-bond acceptors (Lipinski definition) is 7. The van der Waals surface area contributed by atoms with Gasteiger partial charge in [-0.05, 0) is 36.4 Å². The van der Waals surface area contributed by atoms with Crippen molar-refractivity contribution in [2.24, 2.45) is 0 Å². The Morgan fingerprint density at radius 1 is 1.00 bits per heavy atom. The monoisotopic (exact) mass is 366 g/mol. The number of urea groups is 1. The molecule has 0 saturated heterocycles. The molecule has 136 valence electrons. The molecule has 0 unspecified atom stereocenters. The molecule has 0 aliphatic carbocycles. The summed E-state index contributed by atoms with van der Waals surface area (Å²) < 4.78 is 9.94. The largest absolute Gasteiger partial charge is 0.452 e. The first-order chi connectivity index (χ1) is 13.1. The fourth-order valence-electron chi connectivity index (χ4n) is 2.11. The lowest BCUT2D eigenvalue weighted by Gasteiger charge is -2.07. The predicted molar refractivity (Wildman–Crippen MR) is 93.6 cm³/mol. The lowest BCUT2D eigenvalue weighted by Crippen LogP contribution is -2.37. The molecule has 9 heteroatoms. The number of anilines is 1. The summed E-state index contributed by atoms with van der Waals surface area (Å²) in [5.74, 6) is -1.14. The summed E-state index contributed by atoms with van der Waals surface area (Å²) in [5.41, 5.74) is 1.40. The molecule has 0 atom stereocenters. The van der Waals surface area contributed by atoms with Gasteiger partial charge in [-0.3, -0.25) is 10.1 Å². The number of nitrogens with zero attached hydrogens (tertiary/aromatic N) is 2. The number of nitrogens with one attached hydrogen (secondary N) is 2. The van der Waals surface area contributed by atoms with Gasteiger partial charge >= 0.3 is 12.0 Å². The number of esters is 1. The Balaban J connectivity index is 1.47. The van der Waals surface area contributed by atoms with Crippen LogP contribution in [-0.2, 0) is 9.53 Å². The number of carbonyl (C=O) groups excluding carboxylic acids is 3. The zero-order valence-electron chi connectivity index (χ0n) is 13.9. The van der Waals surface area contributed by atoms with Crippen LogP contribution < -0.4 is 10.6 Å². The zero-order chi connectivity index (χ0) is 19.1. The van der Waals surface area contributed by atoms with E-state index in [0.717, 1.165) is 0 Å². The second-order valence-electron chi connectivity index (χ2n) is 5.27. The van der Waals surface area contributed by atoms with E-state index < -0.39 is 24.5 Å². The summed E-state index contributed by atoms with van der Waals surface area (Å²) in [6.45, 7) is -0.591. The Labute approximate surface area is 153 Å². The summed E-state index contributed by atoms with van der Waals surface area (Å²) in [6.07, 6.45) is 1.20. The van der Waals surface area contributed by atoms with Crippen LogP contribution >= 0.6 is 0 Å². The molecular formula is C18H14N4O5. The molecular weight excluding hydrogens is 352 g/mol. The van der Waals surface area contributed by atoms with Crippen molar-refractivity contribution in [1.82, 2.24) is 15.5 Å². The SMILES string of the molecule is O=C(COC(=O)c1ccc(-c2nnco2)cc1)NC(=O)Nc1ccccc1. The fourth-order valence-corrected chi connectivity index (χ4v) is 2.11. The molecule has 0 aliphatic rings. The Morgan fingerprint density at radius 3 is 2.41 bits per heavy atom. The standard InChI is InChI=1S/C18H14N4O5/c23-15(21-18(25)20-14-4-2-1-3-5-14)10-26-17(24)13-8-6-12(7-9-13)16-22-19-11-27-16/h1-9,11H,10H2,(H2,20,21,23,25). The fraction of sp³-hybridized carbons (Fsp3) is 0.0556. The average Bonchev–Trinajstić information content (AvgIpc) is 3.22. The quantitative estimate of drug-likeness (QED) is 0.664. The van der Waals surface area contributed by atoms with E-state index in [9.17, 15) is 14.4 Å². The molecule has 0 aliphatic heterocycles. The van der Waals surface area contributed by atoms with Crippen LogP contribution in [0.5, 0.6) is 0 Å². The zero-order valence-corrected chi connectivity index (χ0v) is 13.9. The molecule has 1 aromatic heterocycles. The van der Waals surface area contributed by atoms with Crippen molar-refractivity contribution in [3.05, 3.63) is 66.6 Å². The number of amides is 3. The second kappa shape index (κ2) is 8.39. The maximum absolute atomic E-state index is 12.0. The van der Waals surface area contributed by atoms with Crippen LogP contribution in [-0.4, -0.2) is 34.7 Å². The van der Waals surface area contributed by atoms with Gasteiger partial charge in [0.05, 0.1) is 5.56 Å². The number of imide groups is 1. The molecule has 3 rings (SSSR count). The van der Waals surface area contributed by atoms with Gasteiger partial charge in [-0.25, -0.2) is 9.59 Å². The van der Waals surface area contributed by atoms with Gasteiger partial charge < -0.3 is 14.5 Å². The summed E-state index contributed by atoms with van der Waals surface area (Å²) in [5, 5.41) is 11.9. The van der Waals surface area contributed by atoms with E-state index in [1.54, 1.807) is 42.5 Å². The van der Waals surface area contributed by atoms with Crippen LogP contribution in [0.2, 0.25) is 0 Å². The lowest BCUT2D eigenvalue weighted by atomic mass is 10.1. The van der Waals surface area contributed by atoms with Gasteiger partial charge in [-0.15, -0.1) is 10.2 Å². The van der Waals surface area contributed by atoms with E-state index in [4.69, 9.17) is 9.15 Å². The van der Waals surface area contributed by atoms with Crippen molar-refractivity contribution in [2.45, 2.75) is 0 Å². The highest BCUT2D eigenvalue weighted by molar-refractivity contribution is 6.02. The number of ether oxygens (including phenoxy) is 1. The third-order valence-electron chi connectivity index (χ3n) is 3.35. The number of rotatable bonds is 5. The normalized spacial score (nSPS) is 10.1. The Morgan fingerprint density at radius 2 is 1.74 bits per heavy atom. The van der Waals surface area contributed by atoms with Crippen molar-refractivity contribution in [1.29, 1.82) is 0 Å². The van der Waals surface area contributed by atoms with Crippen LogP contribution in [0.1, 0.15) is 10.4 Å². The van der Waals surface area contributed by atoms with Crippen LogP contribution in [0, 0.1) is 0 Å². The van der Waals surface area contributed by atoms with E-state index >= 15 is 0 Å². The number of hydrogen-bond donors (Lipinski definition) is 2. The van der Waals surface area contributed by atoms with Gasteiger partial charge in [-0.2, -0.15) is 0 Å². The summed E-state index contributed by atoms with van der Waals surface area (Å²) >= 11 is 0. The minimum Gasteiger partial charge on any atom is -0.452 e. The first kappa shape index (κ1) is 17.8. The van der Waals surface area contributed by atoms with Gasteiger partial charge in [0.15, 0.2) is 6.61 Å². The third kappa shape index (κ3) is 4.98. The summed E-state index contributed by atoms with van der Waals surface area (Å²) in [4.78, 5) is 35.4. The molecule has 0 radical (unpaired) electrons. The topological polar surface area (TPSA) is 123 Å².